The molecule has 1 aromatic rings. The summed E-state index contributed by atoms with van der Waals surface area (Å²) in [7, 11) is 0. The van der Waals surface area contributed by atoms with Crippen molar-refractivity contribution in [3.05, 3.63) is 24.3 Å². The van der Waals surface area contributed by atoms with Crippen LogP contribution in [0.25, 0.3) is 0 Å². The predicted octanol–water partition coefficient (Wildman–Crippen LogP) is 1.16. The highest BCUT2D eigenvalue weighted by molar-refractivity contribution is 5.56. The Kier molecular flexibility index (Phi) is 4.44. The molecule has 1 aliphatic rings. The van der Waals surface area contributed by atoms with E-state index in [4.69, 9.17) is 5.73 Å². The van der Waals surface area contributed by atoms with E-state index >= 15 is 0 Å². The number of nitrogen functional groups attached to an aromatic ring is 1. The maximum atomic E-state index is 9.33. The van der Waals surface area contributed by atoms with Gasteiger partial charge in [-0.05, 0) is 24.6 Å². The van der Waals surface area contributed by atoms with E-state index in [0.29, 0.717) is 6.04 Å². The Morgan fingerprint density at radius 1 is 1.28 bits per heavy atom. The van der Waals surface area contributed by atoms with Crippen molar-refractivity contribution in [1.82, 2.24) is 4.90 Å². The molecule has 100 valence electrons. The summed E-state index contributed by atoms with van der Waals surface area (Å²) < 4.78 is 0. The fourth-order valence-electron chi connectivity index (χ4n) is 2.57. The van der Waals surface area contributed by atoms with Crippen LogP contribution in [0.3, 0.4) is 0 Å². The highest BCUT2D eigenvalue weighted by Gasteiger charge is 2.22. The number of piperazine rings is 1. The predicted molar refractivity (Wildman–Crippen MR) is 75.8 cm³/mol. The number of aliphatic hydroxyl groups is 1. The molecule has 0 spiro atoms. The van der Waals surface area contributed by atoms with Crippen LogP contribution in [0.1, 0.15) is 13.3 Å². The fraction of sp³-hybridized carbons (Fsp3) is 0.571. The topological polar surface area (TPSA) is 52.7 Å². The summed E-state index contributed by atoms with van der Waals surface area (Å²) in [5.74, 6) is 0. The third-order valence-electron chi connectivity index (χ3n) is 3.75. The molecule has 3 N–H and O–H groups in total. The van der Waals surface area contributed by atoms with Gasteiger partial charge in [-0.3, -0.25) is 4.90 Å². The summed E-state index contributed by atoms with van der Waals surface area (Å²) in [5.41, 5.74) is 7.83. The molecule has 1 aromatic carbocycles. The number of benzene rings is 1. The third-order valence-corrected chi connectivity index (χ3v) is 3.75. The second kappa shape index (κ2) is 6.07. The first kappa shape index (κ1) is 13.2. The Morgan fingerprint density at radius 3 is 2.56 bits per heavy atom. The maximum Gasteiger partial charge on any atom is 0.0586 e. The van der Waals surface area contributed by atoms with Gasteiger partial charge in [0.2, 0.25) is 0 Å². The van der Waals surface area contributed by atoms with Crippen LogP contribution >= 0.6 is 0 Å². The molecule has 0 aromatic heterocycles. The van der Waals surface area contributed by atoms with Gasteiger partial charge in [0.25, 0.3) is 0 Å². The van der Waals surface area contributed by atoms with E-state index in [2.05, 4.69) is 22.8 Å². The number of hydrogen-bond donors (Lipinski definition) is 2. The number of aliphatic hydroxyl groups excluding tert-OH is 1. The van der Waals surface area contributed by atoms with Gasteiger partial charge in [0.15, 0.2) is 0 Å². The van der Waals surface area contributed by atoms with Gasteiger partial charge in [-0.2, -0.15) is 0 Å². The maximum absolute atomic E-state index is 9.33. The Labute approximate surface area is 109 Å². The first-order valence-corrected chi connectivity index (χ1v) is 6.70. The molecule has 1 fully saturated rings. The van der Waals surface area contributed by atoms with E-state index < -0.39 is 0 Å². The zero-order valence-corrected chi connectivity index (χ0v) is 11.0. The Bertz CT molecular complexity index is 371. The summed E-state index contributed by atoms with van der Waals surface area (Å²) in [6.07, 6.45) is 1.01. The molecule has 4 nitrogen and oxygen atoms in total. The first-order chi connectivity index (χ1) is 8.74. The minimum absolute atomic E-state index is 0.259. The van der Waals surface area contributed by atoms with E-state index in [1.807, 2.05) is 18.2 Å². The van der Waals surface area contributed by atoms with Crippen molar-refractivity contribution in [2.24, 2.45) is 0 Å². The second-order valence-electron chi connectivity index (χ2n) is 4.86. The molecule has 0 radical (unpaired) electrons. The van der Waals surface area contributed by atoms with Crippen LogP contribution in [-0.2, 0) is 0 Å². The van der Waals surface area contributed by atoms with E-state index in [-0.39, 0.29) is 6.61 Å². The van der Waals surface area contributed by atoms with E-state index in [0.717, 1.165) is 38.3 Å². The van der Waals surface area contributed by atoms with Crippen molar-refractivity contribution in [2.75, 3.05) is 43.4 Å². The zero-order chi connectivity index (χ0) is 13.0. The van der Waals surface area contributed by atoms with Crippen molar-refractivity contribution >= 4 is 11.4 Å². The summed E-state index contributed by atoms with van der Waals surface area (Å²) >= 11 is 0. The average molecular weight is 249 g/mol. The second-order valence-corrected chi connectivity index (χ2v) is 4.86. The minimum Gasteiger partial charge on any atom is -0.399 e. The highest BCUT2D eigenvalue weighted by atomic mass is 16.3. The quantitative estimate of drug-likeness (QED) is 0.786. The molecule has 1 aliphatic heterocycles. The Morgan fingerprint density at radius 2 is 2.00 bits per heavy atom. The lowest BCUT2D eigenvalue weighted by Crippen LogP contribution is -2.51. The molecule has 1 unspecified atom stereocenters. The molecule has 0 aliphatic carbocycles. The van der Waals surface area contributed by atoms with Gasteiger partial charge >= 0.3 is 0 Å². The van der Waals surface area contributed by atoms with Crippen LogP contribution in [0.5, 0.6) is 0 Å². The summed E-state index contributed by atoms with van der Waals surface area (Å²) in [6, 6.07) is 8.36. The van der Waals surface area contributed by atoms with Gasteiger partial charge < -0.3 is 15.7 Å². The summed E-state index contributed by atoms with van der Waals surface area (Å²) in [4.78, 5) is 4.74. The van der Waals surface area contributed by atoms with E-state index in [1.54, 1.807) is 0 Å². The third kappa shape index (κ3) is 2.94. The summed E-state index contributed by atoms with van der Waals surface area (Å²) in [6.45, 7) is 6.40. The zero-order valence-electron chi connectivity index (χ0n) is 11.0. The van der Waals surface area contributed by atoms with Crippen LogP contribution in [0.15, 0.2) is 24.3 Å². The van der Waals surface area contributed by atoms with Crippen LogP contribution in [0.2, 0.25) is 0 Å². The molecule has 0 bridgehead atoms. The smallest absolute Gasteiger partial charge is 0.0586 e. The standard InChI is InChI=1S/C14H23N3O/c1-2-13(11-18)16-6-8-17(9-7-16)14-5-3-4-12(15)10-14/h3-5,10,13,18H,2,6-9,11,15H2,1H3. The van der Waals surface area contributed by atoms with Gasteiger partial charge in [0.1, 0.15) is 0 Å². The molecule has 0 amide bonds. The van der Waals surface area contributed by atoms with Crippen molar-refractivity contribution in [3.8, 4) is 0 Å². The van der Waals surface area contributed by atoms with Crippen LogP contribution in [0.4, 0.5) is 11.4 Å². The number of anilines is 2. The molecular weight excluding hydrogens is 226 g/mol. The average Bonchev–Trinajstić information content (AvgIpc) is 2.41. The largest absolute Gasteiger partial charge is 0.399 e. The minimum atomic E-state index is 0.259. The van der Waals surface area contributed by atoms with Crippen molar-refractivity contribution < 1.29 is 5.11 Å². The number of nitrogens with two attached hydrogens (primary N) is 1. The van der Waals surface area contributed by atoms with Crippen molar-refractivity contribution in [3.63, 3.8) is 0 Å². The van der Waals surface area contributed by atoms with Gasteiger partial charge in [0, 0.05) is 43.6 Å². The summed E-state index contributed by atoms with van der Waals surface area (Å²) in [5, 5.41) is 9.33. The molecule has 4 heteroatoms. The highest BCUT2D eigenvalue weighted by Crippen LogP contribution is 2.20. The molecule has 1 heterocycles. The number of rotatable bonds is 4. The first-order valence-electron chi connectivity index (χ1n) is 6.70. The van der Waals surface area contributed by atoms with E-state index in [1.165, 1.54) is 5.69 Å². The number of hydrogen-bond acceptors (Lipinski definition) is 4. The normalized spacial score (nSPS) is 18.9. The molecule has 18 heavy (non-hydrogen) atoms. The van der Waals surface area contributed by atoms with Crippen molar-refractivity contribution in [1.29, 1.82) is 0 Å². The molecule has 1 saturated heterocycles. The van der Waals surface area contributed by atoms with E-state index in [9.17, 15) is 5.11 Å². The molecular formula is C14H23N3O. The monoisotopic (exact) mass is 249 g/mol. The lowest BCUT2D eigenvalue weighted by Gasteiger charge is -2.39. The Hall–Kier alpha value is -1.26. The SMILES string of the molecule is CCC(CO)N1CCN(c2cccc(N)c2)CC1. The fourth-order valence-corrected chi connectivity index (χ4v) is 2.57. The lowest BCUT2D eigenvalue weighted by molar-refractivity contribution is 0.114. The van der Waals surface area contributed by atoms with Crippen LogP contribution in [0, 0.1) is 0 Å². The number of nitrogens with zero attached hydrogens (tertiary/aromatic N) is 2. The van der Waals surface area contributed by atoms with Crippen LogP contribution in [-0.4, -0.2) is 48.8 Å². The lowest BCUT2D eigenvalue weighted by atomic mass is 10.1. The van der Waals surface area contributed by atoms with Crippen LogP contribution < -0.4 is 10.6 Å². The molecule has 1 atom stereocenters. The Balaban J connectivity index is 1.94. The van der Waals surface area contributed by atoms with Gasteiger partial charge in [-0.15, -0.1) is 0 Å². The van der Waals surface area contributed by atoms with Gasteiger partial charge in [-0.25, -0.2) is 0 Å². The molecule has 0 saturated carbocycles. The molecule has 2 rings (SSSR count). The van der Waals surface area contributed by atoms with Gasteiger partial charge in [0.05, 0.1) is 6.61 Å². The van der Waals surface area contributed by atoms with Gasteiger partial charge in [-0.1, -0.05) is 13.0 Å². The van der Waals surface area contributed by atoms with Crippen molar-refractivity contribution in [2.45, 2.75) is 19.4 Å².